The number of imide groups is 1. The molecule has 14 heteroatoms. The molecule has 6 aromatic rings. The predicted molar refractivity (Wildman–Crippen MR) is 191 cm³/mol. The summed E-state index contributed by atoms with van der Waals surface area (Å²) in [7, 11) is 0. The Hall–Kier alpha value is -7.19. The second-order valence-corrected chi connectivity index (χ2v) is 12.8. The predicted octanol–water partition coefficient (Wildman–Crippen LogP) is 4.93. The van der Waals surface area contributed by atoms with Crippen molar-refractivity contribution in [3.05, 3.63) is 101 Å². The van der Waals surface area contributed by atoms with Crippen LogP contribution in [-0.4, -0.2) is 59.4 Å². The molecule has 0 bridgehead atoms. The van der Waals surface area contributed by atoms with Gasteiger partial charge in [-0.1, -0.05) is 24.3 Å². The SMILES string of the molecule is N#Cc1cccc(-c2cc(NC3CC3)n3ncc(/C=C4\CC(=O)NC4=O)c3n2)c1.N#Cc1cccc(-c2cc(NC3CC3)n3ncc(C=O)c3n2)c1. The smallest absolute Gasteiger partial charge is 0.254 e. The Labute approximate surface area is 296 Å². The van der Waals surface area contributed by atoms with Gasteiger partial charge in [-0.25, -0.2) is 9.97 Å². The number of benzene rings is 2. The molecule has 0 radical (unpaired) electrons. The van der Waals surface area contributed by atoms with Crippen LogP contribution >= 0.6 is 0 Å². The lowest BCUT2D eigenvalue weighted by molar-refractivity contribution is -0.124. The summed E-state index contributed by atoms with van der Waals surface area (Å²) in [6.45, 7) is 0. The Morgan fingerprint density at radius 2 is 1.27 bits per heavy atom. The lowest BCUT2D eigenvalue weighted by Gasteiger charge is -2.10. The first-order valence-electron chi connectivity index (χ1n) is 16.7. The first-order valence-corrected chi connectivity index (χ1v) is 16.7. The summed E-state index contributed by atoms with van der Waals surface area (Å²) in [6, 6.07) is 23.5. The molecule has 2 aliphatic carbocycles. The van der Waals surface area contributed by atoms with Crippen molar-refractivity contribution in [2.45, 2.75) is 44.2 Å². The number of nitriles is 2. The number of amides is 2. The zero-order valence-electron chi connectivity index (χ0n) is 27.6. The lowest BCUT2D eigenvalue weighted by Crippen LogP contribution is -2.19. The molecule has 9 rings (SSSR count). The highest BCUT2D eigenvalue weighted by Crippen LogP contribution is 2.31. The quantitative estimate of drug-likeness (QED) is 0.112. The van der Waals surface area contributed by atoms with E-state index in [4.69, 9.17) is 10.2 Å². The molecule has 14 nitrogen and oxygen atoms in total. The molecule has 1 aliphatic heterocycles. The topological polar surface area (TPSA) is 195 Å². The standard InChI is InChI=1S/C21H16N6O2.C17H13N5O/c22-10-12-2-1-3-13(6-12)17-9-18(24-16-4-5-16)27-20(25-17)15(11-23-27)7-14-8-19(28)26-21(14)29;18-8-11-2-1-3-12(6-11)15-7-16(20-14-4-5-14)22-17(21-15)13(10-23)9-19-22/h1-3,6-7,9,11,16,24H,4-5,8H2,(H,26,28,29);1-3,6-7,9-10,14,20H,4-5H2/b14-7+;. The Morgan fingerprint density at radius 3 is 1.73 bits per heavy atom. The van der Waals surface area contributed by atoms with Crippen LogP contribution in [0.25, 0.3) is 39.9 Å². The van der Waals surface area contributed by atoms with Crippen molar-refractivity contribution < 1.29 is 14.4 Å². The second kappa shape index (κ2) is 13.3. The molecule has 254 valence electrons. The normalized spacial score (nSPS) is 15.8. The number of aldehydes is 1. The highest BCUT2D eigenvalue weighted by molar-refractivity contribution is 6.15. The number of nitrogens with one attached hydrogen (secondary N) is 3. The lowest BCUT2D eigenvalue weighted by atomic mass is 10.1. The number of nitrogens with zero attached hydrogens (tertiary/aromatic N) is 8. The van der Waals surface area contributed by atoms with Crippen LogP contribution in [0.5, 0.6) is 0 Å². The molecule has 0 atom stereocenters. The fourth-order valence-corrected chi connectivity index (χ4v) is 5.82. The number of aromatic nitrogens is 6. The van der Waals surface area contributed by atoms with Crippen LogP contribution in [0.3, 0.4) is 0 Å². The minimum atomic E-state index is -0.386. The first-order chi connectivity index (χ1) is 25.4. The van der Waals surface area contributed by atoms with Crippen LogP contribution in [-0.2, 0) is 9.59 Å². The number of carbonyl (C=O) groups is 3. The molecular weight excluding hydrogens is 658 g/mol. The molecule has 3 fully saturated rings. The van der Waals surface area contributed by atoms with Crippen LogP contribution in [0.2, 0.25) is 0 Å². The van der Waals surface area contributed by atoms with Gasteiger partial charge in [0, 0.05) is 46.5 Å². The van der Waals surface area contributed by atoms with E-state index in [1.165, 1.54) is 6.20 Å². The molecule has 0 unspecified atom stereocenters. The maximum absolute atomic E-state index is 11.9. The number of fused-ring (bicyclic) bond motifs is 2. The van der Waals surface area contributed by atoms with Crippen molar-refractivity contribution in [2.24, 2.45) is 0 Å². The van der Waals surface area contributed by atoms with E-state index in [0.29, 0.717) is 62.6 Å². The molecule has 1 saturated heterocycles. The van der Waals surface area contributed by atoms with Crippen LogP contribution < -0.4 is 16.0 Å². The number of hydrogen-bond donors (Lipinski definition) is 3. The molecule has 52 heavy (non-hydrogen) atoms. The maximum Gasteiger partial charge on any atom is 0.254 e. The van der Waals surface area contributed by atoms with Crippen LogP contribution in [0.15, 0.2) is 78.6 Å². The first kappa shape index (κ1) is 32.0. The van der Waals surface area contributed by atoms with Crippen molar-refractivity contribution >= 4 is 47.1 Å². The largest absolute Gasteiger partial charge is 0.367 e. The van der Waals surface area contributed by atoms with E-state index in [1.54, 1.807) is 45.6 Å². The molecule has 2 amide bonds. The summed E-state index contributed by atoms with van der Waals surface area (Å²) in [6.07, 6.45) is 10.1. The fraction of sp³-hybridized carbons (Fsp3) is 0.184. The van der Waals surface area contributed by atoms with Gasteiger partial charge < -0.3 is 10.6 Å². The molecule has 5 heterocycles. The van der Waals surface area contributed by atoms with Gasteiger partial charge in [0.2, 0.25) is 5.91 Å². The number of carbonyl (C=O) groups excluding carboxylic acids is 3. The third-order valence-electron chi connectivity index (χ3n) is 8.78. The average Bonchev–Trinajstić information content (AvgIpc) is 4.06. The Balaban J connectivity index is 0.000000153. The van der Waals surface area contributed by atoms with Gasteiger partial charge in [0.25, 0.3) is 5.91 Å². The van der Waals surface area contributed by atoms with E-state index in [1.807, 2.05) is 36.4 Å². The zero-order valence-corrected chi connectivity index (χ0v) is 27.6. The van der Waals surface area contributed by atoms with Gasteiger partial charge in [0.1, 0.15) is 11.6 Å². The van der Waals surface area contributed by atoms with E-state index in [0.717, 1.165) is 54.7 Å². The van der Waals surface area contributed by atoms with E-state index in [9.17, 15) is 19.6 Å². The highest BCUT2D eigenvalue weighted by Gasteiger charge is 2.26. The summed E-state index contributed by atoms with van der Waals surface area (Å²) < 4.78 is 3.36. The third kappa shape index (κ3) is 6.56. The van der Waals surface area contributed by atoms with E-state index >= 15 is 0 Å². The molecule has 0 spiro atoms. The molecule has 3 N–H and O–H groups in total. The van der Waals surface area contributed by atoms with Gasteiger partial charge in [-0.15, -0.1) is 0 Å². The summed E-state index contributed by atoms with van der Waals surface area (Å²) in [4.78, 5) is 44.0. The maximum atomic E-state index is 11.9. The molecule has 4 aromatic heterocycles. The monoisotopic (exact) mass is 687 g/mol. The zero-order chi connectivity index (χ0) is 35.8. The Bertz CT molecular complexity index is 2550. The van der Waals surface area contributed by atoms with Crippen molar-refractivity contribution in [3.8, 4) is 34.7 Å². The minimum Gasteiger partial charge on any atom is -0.367 e. The average molecular weight is 688 g/mol. The summed E-state index contributed by atoms with van der Waals surface area (Å²) in [5.41, 5.74) is 6.77. The third-order valence-corrected chi connectivity index (χ3v) is 8.78. The second-order valence-electron chi connectivity index (χ2n) is 12.8. The fourth-order valence-electron chi connectivity index (χ4n) is 5.82. The van der Waals surface area contributed by atoms with Crippen LogP contribution in [0, 0.1) is 22.7 Å². The Morgan fingerprint density at radius 1 is 0.750 bits per heavy atom. The summed E-state index contributed by atoms with van der Waals surface area (Å²) in [5, 5.41) is 36.1. The van der Waals surface area contributed by atoms with Crippen LogP contribution in [0.1, 0.15) is 59.2 Å². The van der Waals surface area contributed by atoms with Gasteiger partial charge in [-0.2, -0.15) is 29.8 Å². The summed E-state index contributed by atoms with van der Waals surface area (Å²) in [5.74, 6) is 0.911. The summed E-state index contributed by atoms with van der Waals surface area (Å²) >= 11 is 0. The van der Waals surface area contributed by atoms with Crippen molar-refractivity contribution in [1.29, 1.82) is 10.5 Å². The van der Waals surface area contributed by atoms with E-state index in [-0.39, 0.29) is 18.2 Å². The molecule has 2 aromatic carbocycles. The van der Waals surface area contributed by atoms with E-state index < -0.39 is 0 Å². The van der Waals surface area contributed by atoms with Gasteiger partial charge in [0.05, 0.1) is 59.0 Å². The number of rotatable bonds is 8. The van der Waals surface area contributed by atoms with Gasteiger partial charge >= 0.3 is 0 Å². The number of anilines is 2. The van der Waals surface area contributed by atoms with Crippen LogP contribution in [0.4, 0.5) is 11.6 Å². The van der Waals surface area contributed by atoms with Crippen molar-refractivity contribution in [2.75, 3.05) is 10.6 Å². The molecule has 3 aliphatic rings. The number of hydrogen-bond acceptors (Lipinski definition) is 11. The molecular formula is C38H29N11O3. The van der Waals surface area contributed by atoms with Gasteiger partial charge in [0.15, 0.2) is 17.6 Å². The van der Waals surface area contributed by atoms with Crippen molar-refractivity contribution in [3.63, 3.8) is 0 Å². The minimum absolute atomic E-state index is 0.0489. The highest BCUT2D eigenvalue weighted by atomic mass is 16.2. The van der Waals surface area contributed by atoms with E-state index in [2.05, 4.69) is 43.3 Å². The van der Waals surface area contributed by atoms with Crippen molar-refractivity contribution in [1.82, 2.24) is 34.5 Å². The van der Waals surface area contributed by atoms with Gasteiger partial charge in [-0.3, -0.25) is 19.7 Å². The van der Waals surface area contributed by atoms with Gasteiger partial charge in [-0.05, 0) is 56.0 Å². The molecule has 2 saturated carbocycles. The Kier molecular flexibility index (Phi) is 8.17.